The number of carbonyl (C=O) groups is 3. The van der Waals surface area contributed by atoms with E-state index in [2.05, 4.69) is 15.6 Å². The average Bonchev–Trinajstić information content (AvgIpc) is 3.28. The molecule has 0 atom stereocenters. The molecule has 0 radical (unpaired) electrons. The average molecular weight is 409 g/mol. The van der Waals surface area contributed by atoms with Gasteiger partial charge in [0.25, 0.3) is 17.1 Å². The number of furan rings is 1. The van der Waals surface area contributed by atoms with Crippen LogP contribution in [0.3, 0.4) is 0 Å². The minimum absolute atomic E-state index is 0.229. The van der Waals surface area contributed by atoms with Gasteiger partial charge in [-0.1, -0.05) is 12.1 Å². The highest BCUT2D eigenvalue weighted by Crippen LogP contribution is 2.29. The van der Waals surface area contributed by atoms with Crippen molar-refractivity contribution < 1.29 is 23.5 Å². The summed E-state index contributed by atoms with van der Waals surface area (Å²) in [5, 5.41) is 5.19. The number of aromatic nitrogens is 1. The molecule has 2 aromatic heterocycles. The summed E-state index contributed by atoms with van der Waals surface area (Å²) in [5.74, 6) is 0.276. The fourth-order valence-electron chi connectivity index (χ4n) is 2.79. The van der Waals surface area contributed by atoms with Gasteiger partial charge in [-0.2, -0.15) is 0 Å². The number of hydrogen-bond acceptors (Lipinski definition) is 7. The van der Waals surface area contributed by atoms with Crippen molar-refractivity contribution in [3.63, 3.8) is 0 Å². The molecular weight excluding hydrogens is 394 g/mol. The lowest BCUT2D eigenvalue weighted by Crippen LogP contribution is -2.23. The molecule has 4 rings (SSSR count). The molecule has 29 heavy (non-hydrogen) atoms. The van der Waals surface area contributed by atoms with E-state index >= 15 is 0 Å². The molecule has 0 bridgehead atoms. The van der Waals surface area contributed by atoms with Crippen LogP contribution in [0.5, 0.6) is 5.75 Å². The third-order valence-corrected chi connectivity index (χ3v) is 5.02. The summed E-state index contributed by atoms with van der Waals surface area (Å²) < 4.78 is 10.9. The molecule has 1 saturated heterocycles. The molecule has 2 N–H and O–H groups in total. The smallest absolute Gasteiger partial charge is 0.290 e. The third kappa shape index (κ3) is 3.99. The van der Waals surface area contributed by atoms with E-state index in [1.807, 2.05) is 24.3 Å². The molecule has 146 valence electrons. The fourth-order valence-corrected chi connectivity index (χ4v) is 3.45. The molecule has 0 spiro atoms. The maximum atomic E-state index is 12.6. The quantitative estimate of drug-likeness (QED) is 0.623. The summed E-state index contributed by atoms with van der Waals surface area (Å²) >= 11 is 0.795. The number of hydrogen-bond donors (Lipinski definition) is 2. The number of rotatable bonds is 5. The highest BCUT2D eigenvalue weighted by molar-refractivity contribution is 8.18. The maximum absolute atomic E-state index is 12.6. The number of pyridine rings is 1. The molecule has 3 aromatic rings. The van der Waals surface area contributed by atoms with Crippen molar-refractivity contribution in [3.8, 4) is 5.75 Å². The molecule has 1 aromatic carbocycles. The first-order valence-corrected chi connectivity index (χ1v) is 9.38. The molecule has 0 saturated carbocycles. The van der Waals surface area contributed by atoms with Crippen LogP contribution in [0.15, 0.2) is 52.0 Å². The Labute approximate surface area is 169 Å². The Bertz CT molecular complexity index is 1150. The molecule has 0 aliphatic carbocycles. The standard InChI is InChI=1S/C20H15N3O5S/c1-27-13-4-2-11(3-5-13)8-22-18(24)15-10-21-9-12-6-14(28-17(12)15)7-16-19(25)23-20(26)29-16/h2-7,9-10H,8H2,1H3,(H,22,24)(H,23,25,26)/b16-7-. The van der Waals surface area contributed by atoms with Crippen LogP contribution in [0.1, 0.15) is 21.7 Å². The van der Waals surface area contributed by atoms with E-state index in [0.717, 1.165) is 23.1 Å². The number of thioether (sulfide) groups is 1. The van der Waals surface area contributed by atoms with E-state index in [-0.39, 0.29) is 16.4 Å². The zero-order valence-electron chi connectivity index (χ0n) is 15.2. The van der Waals surface area contributed by atoms with Crippen LogP contribution < -0.4 is 15.4 Å². The zero-order valence-corrected chi connectivity index (χ0v) is 16.0. The molecule has 3 amide bonds. The molecule has 3 heterocycles. The van der Waals surface area contributed by atoms with E-state index in [0.29, 0.717) is 23.3 Å². The molecule has 8 nitrogen and oxygen atoms in total. The summed E-state index contributed by atoms with van der Waals surface area (Å²) in [6.45, 7) is 0.329. The number of benzene rings is 1. The minimum atomic E-state index is -0.476. The molecule has 1 aliphatic heterocycles. The van der Waals surface area contributed by atoms with Crippen LogP contribution >= 0.6 is 11.8 Å². The summed E-state index contributed by atoms with van der Waals surface area (Å²) in [4.78, 5) is 39.9. The lowest BCUT2D eigenvalue weighted by molar-refractivity contribution is -0.115. The summed E-state index contributed by atoms with van der Waals surface area (Å²) in [7, 11) is 1.59. The second kappa shape index (κ2) is 7.80. The van der Waals surface area contributed by atoms with Crippen molar-refractivity contribution in [2.24, 2.45) is 0 Å². The van der Waals surface area contributed by atoms with Gasteiger partial charge in [0.2, 0.25) is 0 Å². The second-order valence-electron chi connectivity index (χ2n) is 6.14. The van der Waals surface area contributed by atoms with Crippen molar-refractivity contribution in [3.05, 3.63) is 64.5 Å². The van der Waals surface area contributed by atoms with Gasteiger partial charge in [-0.05, 0) is 35.5 Å². The van der Waals surface area contributed by atoms with Crippen molar-refractivity contribution in [1.82, 2.24) is 15.6 Å². The number of ether oxygens (including phenoxy) is 1. The zero-order chi connectivity index (χ0) is 20.4. The Hall–Kier alpha value is -3.59. The number of imide groups is 1. The predicted molar refractivity (Wildman–Crippen MR) is 107 cm³/mol. The van der Waals surface area contributed by atoms with Crippen LogP contribution in [0.2, 0.25) is 0 Å². The Balaban J connectivity index is 1.54. The molecular formula is C20H15N3O5S. The van der Waals surface area contributed by atoms with Gasteiger partial charge in [-0.15, -0.1) is 0 Å². The summed E-state index contributed by atoms with van der Waals surface area (Å²) in [6, 6.07) is 9.02. The van der Waals surface area contributed by atoms with Crippen LogP contribution in [0.25, 0.3) is 17.0 Å². The van der Waals surface area contributed by atoms with Crippen LogP contribution in [-0.4, -0.2) is 29.1 Å². The maximum Gasteiger partial charge on any atom is 0.290 e. The summed E-state index contributed by atoms with van der Waals surface area (Å²) in [5.41, 5.74) is 1.55. The Morgan fingerprint density at radius 2 is 2.07 bits per heavy atom. The monoisotopic (exact) mass is 409 g/mol. The molecule has 9 heteroatoms. The van der Waals surface area contributed by atoms with E-state index in [4.69, 9.17) is 9.15 Å². The van der Waals surface area contributed by atoms with Gasteiger partial charge in [-0.3, -0.25) is 24.7 Å². The topological polar surface area (TPSA) is 111 Å². The first-order valence-electron chi connectivity index (χ1n) is 8.57. The van der Waals surface area contributed by atoms with Crippen molar-refractivity contribution >= 4 is 45.9 Å². The van der Waals surface area contributed by atoms with Crippen molar-refractivity contribution in [1.29, 1.82) is 0 Å². The highest BCUT2D eigenvalue weighted by atomic mass is 32.2. The lowest BCUT2D eigenvalue weighted by Gasteiger charge is -2.06. The van der Waals surface area contributed by atoms with Crippen molar-refractivity contribution in [2.75, 3.05) is 7.11 Å². The SMILES string of the molecule is COc1ccc(CNC(=O)c2cncc3cc(/C=C4\SC(=O)NC4=O)oc23)cc1. The largest absolute Gasteiger partial charge is 0.497 e. The number of methoxy groups -OCH3 is 1. The Kier molecular flexibility index (Phi) is 5.05. The normalized spacial score (nSPS) is 15.0. The van der Waals surface area contributed by atoms with Crippen LogP contribution in [0.4, 0.5) is 4.79 Å². The third-order valence-electron chi connectivity index (χ3n) is 4.21. The molecule has 0 unspecified atom stereocenters. The number of carbonyl (C=O) groups excluding carboxylic acids is 3. The van der Waals surface area contributed by atoms with Gasteiger partial charge in [0, 0.05) is 30.4 Å². The number of nitrogens with one attached hydrogen (secondary N) is 2. The van der Waals surface area contributed by atoms with E-state index < -0.39 is 11.1 Å². The first kappa shape index (κ1) is 18.8. The Morgan fingerprint density at radius 3 is 2.76 bits per heavy atom. The van der Waals surface area contributed by atoms with Gasteiger partial charge in [0.1, 0.15) is 17.1 Å². The van der Waals surface area contributed by atoms with Crippen molar-refractivity contribution in [2.45, 2.75) is 6.54 Å². The van der Waals surface area contributed by atoms with Gasteiger partial charge in [0.15, 0.2) is 5.58 Å². The Morgan fingerprint density at radius 1 is 1.28 bits per heavy atom. The summed E-state index contributed by atoms with van der Waals surface area (Å²) in [6.07, 6.45) is 4.45. The lowest BCUT2D eigenvalue weighted by atomic mass is 10.2. The first-order chi connectivity index (χ1) is 14.0. The minimum Gasteiger partial charge on any atom is -0.497 e. The van der Waals surface area contributed by atoms with Gasteiger partial charge in [0.05, 0.1) is 12.0 Å². The molecule has 1 fully saturated rings. The number of fused-ring (bicyclic) bond motifs is 1. The van der Waals surface area contributed by atoms with E-state index in [9.17, 15) is 14.4 Å². The van der Waals surface area contributed by atoms with Crippen LogP contribution in [-0.2, 0) is 11.3 Å². The van der Waals surface area contributed by atoms with E-state index in [1.54, 1.807) is 19.4 Å². The van der Waals surface area contributed by atoms with E-state index in [1.165, 1.54) is 12.3 Å². The number of nitrogens with zero attached hydrogens (tertiary/aromatic N) is 1. The predicted octanol–water partition coefficient (Wildman–Crippen LogP) is 3.09. The van der Waals surface area contributed by atoms with Gasteiger partial charge < -0.3 is 14.5 Å². The van der Waals surface area contributed by atoms with Gasteiger partial charge in [-0.25, -0.2) is 0 Å². The van der Waals surface area contributed by atoms with Crippen LogP contribution in [0, 0.1) is 0 Å². The highest BCUT2D eigenvalue weighted by Gasteiger charge is 2.25. The number of amides is 3. The second-order valence-corrected chi connectivity index (χ2v) is 7.15. The fraction of sp³-hybridized carbons (Fsp3) is 0.100. The molecule has 1 aliphatic rings. The van der Waals surface area contributed by atoms with Gasteiger partial charge >= 0.3 is 0 Å².